The minimum atomic E-state index is -1.01. The summed E-state index contributed by atoms with van der Waals surface area (Å²) in [7, 11) is 0. The Labute approximate surface area is 205 Å². The highest BCUT2D eigenvalue weighted by atomic mass is 79.9. The van der Waals surface area contributed by atoms with Crippen LogP contribution in [0.2, 0.25) is 0 Å². The quantitative estimate of drug-likeness (QED) is 0.392. The van der Waals surface area contributed by atoms with Crippen molar-refractivity contribution in [2.24, 2.45) is 5.92 Å². The molecule has 0 aromatic heterocycles. The highest BCUT2D eigenvalue weighted by molar-refractivity contribution is 9.10. The van der Waals surface area contributed by atoms with Crippen LogP contribution in [0.4, 0.5) is 10.5 Å². The number of aliphatic carboxylic acids is 1. The topological polar surface area (TPSA) is 105 Å². The lowest BCUT2D eigenvalue weighted by Crippen LogP contribution is -2.32. The van der Waals surface area contributed by atoms with Crippen molar-refractivity contribution in [2.75, 3.05) is 18.5 Å². The van der Waals surface area contributed by atoms with Gasteiger partial charge in [0.05, 0.1) is 17.2 Å². The van der Waals surface area contributed by atoms with Crippen molar-refractivity contribution in [3.05, 3.63) is 87.9 Å². The lowest BCUT2D eigenvalue weighted by molar-refractivity contribution is -0.140. The summed E-state index contributed by atoms with van der Waals surface area (Å²) in [4.78, 5) is 36.3. The molecule has 1 atom stereocenters. The number of carbonyl (C=O) groups is 3. The second-order valence-electron chi connectivity index (χ2n) is 8.09. The average Bonchev–Trinajstić information content (AvgIpc) is 3.14. The number of ether oxygens (including phenoxy) is 1. The number of anilines is 1. The third-order valence-corrected chi connectivity index (χ3v) is 6.29. The number of halogens is 1. The first-order chi connectivity index (χ1) is 16.3. The molecule has 174 valence electrons. The van der Waals surface area contributed by atoms with E-state index in [1.165, 1.54) is 6.92 Å². The Kier molecular flexibility index (Phi) is 6.98. The zero-order valence-electron chi connectivity index (χ0n) is 18.4. The number of carboxylic acids is 1. The molecule has 0 saturated heterocycles. The summed E-state index contributed by atoms with van der Waals surface area (Å²) in [6.45, 7) is 1.61. The minimum absolute atomic E-state index is 0.0331. The van der Waals surface area contributed by atoms with E-state index in [1.54, 1.807) is 18.2 Å². The summed E-state index contributed by atoms with van der Waals surface area (Å²) in [5.74, 6) is -2.32. The summed E-state index contributed by atoms with van der Waals surface area (Å²) in [6, 6.07) is 20.9. The van der Waals surface area contributed by atoms with Crippen LogP contribution >= 0.6 is 15.9 Å². The number of hydrogen-bond donors (Lipinski definition) is 3. The van der Waals surface area contributed by atoms with E-state index >= 15 is 0 Å². The lowest BCUT2D eigenvalue weighted by atomic mass is 9.98. The van der Waals surface area contributed by atoms with Crippen molar-refractivity contribution >= 4 is 39.6 Å². The van der Waals surface area contributed by atoms with Crippen LogP contribution in [0.25, 0.3) is 11.1 Å². The smallest absolute Gasteiger partial charge is 0.411 e. The molecular formula is C26H23BrN2O5. The standard InChI is InChI=1S/C26H23BrN2O5/c1-15(25(31)32)13-28-24(30)21-11-10-16(27)12-23(21)29-26(33)34-14-22-19-8-4-2-6-17(19)18-7-3-5-9-20(18)22/h2-12,15,22H,13-14H2,1H3,(H,28,30)(H,29,33)(H,31,32). The number of benzene rings is 3. The van der Waals surface area contributed by atoms with Gasteiger partial charge in [-0.15, -0.1) is 0 Å². The number of carbonyl (C=O) groups excluding carboxylic acids is 2. The summed E-state index contributed by atoms with van der Waals surface area (Å²) in [5, 5.41) is 14.2. The maximum atomic E-state index is 12.7. The van der Waals surface area contributed by atoms with Gasteiger partial charge in [0.2, 0.25) is 0 Å². The second-order valence-corrected chi connectivity index (χ2v) is 9.01. The van der Waals surface area contributed by atoms with E-state index in [1.807, 2.05) is 36.4 Å². The molecule has 34 heavy (non-hydrogen) atoms. The molecule has 0 fully saturated rings. The third kappa shape index (κ3) is 4.97. The second kappa shape index (κ2) is 10.1. The summed E-state index contributed by atoms with van der Waals surface area (Å²) in [6.07, 6.45) is -0.687. The predicted molar refractivity (Wildman–Crippen MR) is 132 cm³/mol. The maximum absolute atomic E-state index is 12.7. The van der Waals surface area contributed by atoms with Gasteiger partial charge < -0.3 is 15.2 Å². The Morgan fingerprint density at radius 3 is 2.24 bits per heavy atom. The van der Waals surface area contributed by atoms with Crippen LogP contribution in [0.5, 0.6) is 0 Å². The first kappa shape index (κ1) is 23.5. The van der Waals surface area contributed by atoms with Gasteiger partial charge >= 0.3 is 12.1 Å². The van der Waals surface area contributed by atoms with Crippen molar-refractivity contribution < 1.29 is 24.2 Å². The Morgan fingerprint density at radius 2 is 1.62 bits per heavy atom. The largest absolute Gasteiger partial charge is 0.481 e. The van der Waals surface area contributed by atoms with E-state index in [4.69, 9.17) is 9.84 Å². The van der Waals surface area contributed by atoms with Crippen molar-refractivity contribution in [1.29, 1.82) is 0 Å². The molecule has 0 saturated carbocycles. The summed E-state index contributed by atoms with van der Waals surface area (Å²) < 4.78 is 6.24. The molecule has 3 aromatic rings. The zero-order chi connectivity index (χ0) is 24.2. The maximum Gasteiger partial charge on any atom is 0.411 e. The van der Waals surface area contributed by atoms with Crippen LogP contribution in [-0.4, -0.2) is 36.2 Å². The molecule has 0 radical (unpaired) electrons. The highest BCUT2D eigenvalue weighted by Gasteiger charge is 2.29. The van der Waals surface area contributed by atoms with Crippen molar-refractivity contribution in [2.45, 2.75) is 12.8 Å². The SMILES string of the molecule is CC(CNC(=O)c1ccc(Br)cc1NC(=O)OCC1c2ccccc2-c2ccccc21)C(=O)O. The van der Waals surface area contributed by atoms with Crippen LogP contribution in [0, 0.1) is 5.92 Å². The van der Waals surface area contributed by atoms with Crippen LogP contribution in [0.1, 0.15) is 34.3 Å². The lowest BCUT2D eigenvalue weighted by Gasteiger charge is -2.16. The van der Waals surface area contributed by atoms with Gasteiger partial charge in [0, 0.05) is 16.9 Å². The molecule has 8 heteroatoms. The molecule has 3 N–H and O–H groups in total. The summed E-state index contributed by atoms with van der Waals surface area (Å²) >= 11 is 3.34. The molecule has 0 bridgehead atoms. The Morgan fingerprint density at radius 1 is 1.00 bits per heavy atom. The van der Waals surface area contributed by atoms with E-state index in [0.717, 1.165) is 22.3 Å². The Hall–Kier alpha value is -3.65. The van der Waals surface area contributed by atoms with Gasteiger partial charge in [-0.3, -0.25) is 14.9 Å². The molecule has 1 unspecified atom stereocenters. The van der Waals surface area contributed by atoms with Gasteiger partial charge in [0.1, 0.15) is 6.61 Å². The fourth-order valence-electron chi connectivity index (χ4n) is 3.99. The summed E-state index contributed by atoms with van der Waals surface area (Å²) in [5.41, 5.74) is 4.93. The Balaban J connectivity index is 1.45. The van der Waals surface area contributed by atoms with Gasteiger partial charge in [0.25, 0.3) is 5.91 Å². The average molecular weight is 523 g/mol. The van der Waals surface area contributed by atoms with Gasteiger partial charge in [0.15, 0.2) is 0 Å². The third-order valence-electron chi connectivity index (χ3n) is 5.80. The van der Waals surface area contributed by atoms with E-state index in [-0.39, 0.29) is 30.3 Å². The molecule has 3 aromatic carbocycles. The van der Waals surface area contributed by atoms with Crippen LogP contribution in [0.3, 0.4) is 0 Å². The number of hydrogen-bond acceptors (Lipinski definition) is 4. The number of nitrogens with one attached hydrogen (secondary N) is 2. The molecule has 2 amide bonds. The fraction of sp³-hybridized carbons (Fsp3) is 0.192. The van der Waals surface area contributed by atoms with Crippen molar-refractivity contribution in [3.63, 3.8) is 0 Å². The normalized spacial score (nSPS) is 12.9. The Bertz CT molecular complexity index is 1210. The number of carboxylic acid groups (broad SMARTS) is 1. The van der Waals surface area contributed by atoms with Crippen LogP contribution in [-0.2, 0) is 9.53 Å². The molecular weight excluding hydrogens is 500 g/mol. The molecule has 0 spiro atoms. The molecule has 4 rings (SSSR count). The first-order valence-corrected chi connectivity index (χ1v) is 11.6. The van der Waals surface area contributed by atoms with Crippen LogP contribution in [0.15, 0.2) is 71.2 Å². The van der Waals surface area contributed by atoms with Gasteiger partial charge in [-0.25, -0.2) is 4.79 Å². The molecule has 0 heterocycles. The monoisotopic (exact) mass is 522 g/mol. The highest BCUT2D eigenvalue weighted by Crippen LogP contribution is 2.44. The van der Waals surface area contributed by atoms with Crippen molar-refractivity contribution in [1.82, 2.24) is 5.32 Å². The minimum Gasteiger partial charge on any atom is -0.481 e. The van der Waals surface area contributed by atoms with Gasteiger partial charge in [-0.05, 0) is 40.5 Å². The van der Waals surface area contributed by atoms with Gasteiger partial charge in [-0.2, -0.15) is 0 Å². The van der Waals surface area contributed by atoms with E-state index in [2.05, 4.69) is 38.7 Å². The molecule has 0 aliphatic heterocycles. The van der Waals surface area contributed by atoms with Crippen LogP contribution < -0.4 is 10.6 Å². The first-order valence-electron chi connectivity index (χ1n) is 10.8. The van der Waals surface area contributed by atoms with E-state index in [9.17, 15) is 14.4 Å². The van der Waals surface area contributed by atoms with E-state index in [0.29, 0.717) is 4.47 Å². The fourth-order valence-corrected chi connectivity index (χ4v) is 4.35. The molecule has 1 aliphatic carbocycles. The van der Waals surface area contributed by atoms with Crippen molar-refractivity contribution in [3.8, 4) is 11.1 Å². The van der Waals surface area contributed by atoms with Gasteiger partial charge in [-0.1, -0.05) is 71.4 Å². The zero-order valence-corrected chi connectivity index (χ0v) is 20.0. The predicted octanol–water partition coefficient (Wildman–Crippen LogP) is 5.26. The number of fused-ring (bicyclic) bond motifs is 3. The van der Waals surface area contributed by atoms with E-state index < -0.39 is 23.9 Å². The number of amides is 2. The molecule has 7 nitrogen and oxygen atoms in total. The molecule has 1 aliphatic rings. The number of rotatable bonds is 7.